The van der Waals surface area contributed by atoms with E-state index >= 15 is 0 Å². The number of nitrogens with zero attached hydrogens (tertiary/aromatic N) is 1. The van der Waals surface area contributed by atoms with Crippen molar-refractivity contribution in [3.05, 3.63) is 82.3 Å². The number of imide groups is 2. The Kier molecular flexibility index (Phi) is 8.62. The monoisotopic (exact) mass is 593 g/mol. The van der Waals surface area contributed by atoms with Gasteiger partial charge in [0.05, 0.1) is 25.1 Å². The number of carbonyl (C=O) groups is 4. The molecule has 39 heavy (non-hydrogen) atoms. The van der Waals surface area contributed by atoms with Gasteiger partial charge in [-0.05, 0) is 67.1 Å². The maximum Gasteiger partial charge on any atom is 0.335 e. The summed E-state index contributed by atoms with van der Waals surface area (Å²) >= 11 is 3.31. The molecule has 10 nitrogen and oxygen atoms in total. The first-order valence-electron chi connectivity index (χ1n) is 11.8. The van der Waals surface area contributed by atoms with Gasteiger partial charge in [0, 0.05) is 4.47 Å². The molecule has 2 N–H and O–H groups in total. The lowest BCUT2D eigenvalue weighted by Gasteiger charge is -2.26. The Hall–Kier alpha value is -4.64. The predicted molar refractivity (Wildman–Crippen MR) is 148 cm³/mol. The van der Waals surface area contributed by atoms with Gasteiger partial charge in [-0.25, -0.2) is 9.69 Å². The summed E-state index contributed by atoms with van der Waals surface area (Å²) < 4.78 is 17.4. The normalized spacial score (nSPS) is 14.2. The number of carbonyl (C=O) groups excluding carboxylic acids is 4. The van der Waals surface area contributed by atoms with Crippen molar-refractivity contribution in [3.8, 4) is 17.2 Å². The predicted octanol–water partition coefficient (Wildman–Crippen LogP) is 4.54. The molecule has 0 saturated carbocycles. The van der Waals surface area contributed by atoms with E-state index in [-0.39, 0.29) is 12.2 Å². The Balaban J connectivity index is 1.53. The molecular formula is C28H24BrN3O7. The molecule has 200 valence electrons. The van der Waals surface area contributed by atoms with Crippen LogP contribution in [0.4, 0.5) is 16.2 Å². The van der Waals surface area contributed by atoms with Crippen LogP contribution in [-0.2, 0) is 14.4 Å². The van der Waals surface area contributed by atoms with Gasteiger partial charge < -0.3 is 19.5 Å². The quantitative estimate of drug-likeness (QED) is 0.276. The molecule has 0 unspecified atom stereocenters. The molecular weight excluding hydrogens is 570 g/mol. The lowest BCUT2D eigenvalue weighted by atomic mass is 10.1. The number of urea groups is 1. The first-order valence-corrected chi connectivity index (χ1v) is 12.6. The highest BCUT2D eigenvalue weighted by atomic mass is 79.9. The fourth-order valence-electron chi connectivity index (χ4n) is 3.73. The van der Waals surface area contributed by atoms with Gasteiger partial charge in [0.15, 0.2) is 18.1 Å². The standard InChI is InChI=1S/C28H24BrN3O7/c1-3-38-24-15-17(8-13-23(24)39-16-25(33)30-21-6-4-5-7-22(21)37-2)14-20-26(34)31-28(36)32(27(20)35)19-11-9-18(29)10-12-19/h4-15H,3,16H2,1-2H3,(H,30,33)(H,31,34,36)/b20-14+. The number of rotatable bonds is 9. The number of hydrogen-bond donors (Lipinski definition) is 2. The summed E-state index contributed by atoms with van der Waals surface area (Å²) in [6, 6.07) is 17.4. The van der Waals surface area contributed by atoms with Crippen molar-refractivity contribution in [2.45, 2.75) is 6.92 Å². The van der Waals surface area contributed by atoms with Gasteiger partial charge in [0.25, 0.3) is 17.7 Å². The van der Waals surface area contributed by atoms with Gasteiger partial charge in [0.1, 0.15) is 11.3 Å². The van der Waals surface area contributed by atoms with Crippen molar-refractivity contribution in [3.63, 3.8) is 0 Å². The molecule has 0 radical (unpaired) electrons. The molecule has 11 heteroatoms. The largest absolute Gasteiger partial charge is 0.495 e. The fourth-order valence-corrected chi connectivity index (χ4v) is 3.99. The number of methoxy groups -OCH3 is 1. The Labute approximate surface area is 232 Å². The van der Waals surface area contributed by atoms with Crippen molar-refractivity contribution in [2.75, 3.05) is 30.5 Å². The van der Waals surface area contributed by atoms with Crippen LogP contribution in [0.2, 0.25) is 0 Å². The number of amides is 5. The van der Waals surface area contributed by atoms with Crippen molar-refractivity contribution >= 4 is 57.1 Å². The second kappa shape index (κ2) is 12.3. The van der Waals surface area contributed by atoms with Crippen LogP contribution in [0.5, 0.6) is 17.2 Å². The molecule has 4 rings (SSSR count). The SMILES string of the molecule is CCOc1cc(/C=C2\C(=O)NC(=O)N(c3ccc(Br)cc3)C2=O)ccc1OCC(=O)Nc1ccccc1OC. The van der Waals surface area contributed by atoms with E-state index < -0.39 is 23.8 Å². The fraction of sp³-hybridized carbons (Fsp3) is 0.143. The molecule has 1 aliphatic rings. The lowest BCUT2D eigenvalue weighted by molar-refractivity contribution is -0.122. The van der Waals surface area contributed by atoms with Gasteiger partial charge in [-0.2, -0.15) is 0 Å². The maximum atomic E-state index is 13.1. The molecule has 3 aromatic rings. The number of anilines is 2. The molecule has 1 aliphatic heterocycles. The van der Waals surface area contributed by atoms with Crippen molar-refractivity contribution in [2.24, 2.45) is 0 Å². The van der Waals surface area contributed by atoms with Crippen molar-refractivity contribution in [1.29, 1.82) is 0 Å². The molecule has 0 aliphatic carbocycles. The van der Waals surface area contributed by atoms with Crippen LogP contribution in [0.3, 0.4) is 0 Å². The number of nitrogens with one attached hydrogen (secondary N) is 2. The first-order chi connectivity index (χ1) is 18.8. The summed E-state index contributed by atoms with van der Waals surface area (Å²) in [7, 11) is 1.51. The highest BCUT2D eigenvalue weighted by Crippen LogP contribution is 2.31. The Morgan fingerprint density at radius 3 is 2.44 bits per heavy atom. The van der Waals surface area contributed by atoms with E-state index in [4.69, 9.17) is 14.2 Å². The van der Waals surface area contributed by atoms with Crippen LogP contribution in [0.15, 0.2) is 76.8 Å². The number of para-hydroxylation sites is 2. The third kappa shape index (κ3) is 6.44. The van der Waals surface area contributed by atoms with E-state index in [9.17, 15) is 19.2 Å². The van der Waals surface area contributed by atoms with Gasteiger partial charge >= 0.3 is 6.03 Å². The van der Waals surface area contributed by atoms with Crippen LogP contribution >= 0.6 is 15.9 Å². The number of halogens is 1. The van der Waals surface area contributed by atoms with Crippen molar-refractivity contribution < 1.29 is 33.4 Å². The number of hydrogen-bond acceptors (Lipinski definition) is 7. The zero-order chi connectivity index (χ0) is 27.9. The minimum Gasteiger partial charge on any atom is -0.495 e. The topological polar surface area (TPSA) is 123 Å². The third-order valence-corrected chi connectivity index (χ3v) is 6.03. The lowest BCUT2D eigenvalue weighted by Crippen LogP contribution is -2.54. The van der Waals surface area contributed by atoms with Gasteiger partial charge in [-0.3, -0.25) is 19.7 Å². The maximum absolute atomic E-state index is 13.1. The summed E-state index contributed by atoms with van der Waals surface area (Å²) in [6.07, 6.45) is 1.36. The molecule has 0 atom stereocenters. The van der Waals surface area contributed by atoms with Crippen LogP contribution in [0.1, 0.15) is 12.5 Å². The second-order valence-corrected chi connectivity index (χ2v) is 9.03. The minimum atomic E-state index is -0.838. The smallest absolute Gasteiger partial charge is 0.335 e. The van der Waals surface area contributed by atoms with Crippen LogP contribution in [0.25, 0.3) is 6.08 Å². The van der Waals surface area contributed by atoms with Crippen molar-refractivity contribution in [1.82, 2.24) is 5.32 Å². The number of barbiturate groups is 1. The summed E-state index contributed by atoms with van der Waals surface area (Å²) in [5, 5.41) is 4.92. The average molecular weight is 594 g/mol. The second-order valence-electron chi connectivity index (χ2n) is 8.11. The van der Waals surface area contributed by atoms with Gasteiger partial charge in [-0.15, -0.1) is 0 Å². The third-order valence-electron chi connectivity index (χ3n) is 5.50. The Bertz CT molecular complexity index is 1450. The highest BCUT2D eigenvalue weighted by Gasteiger charge is 2.36. The van der Waals surface area contributed by atoms with E-state index in [0.29, 0.717) is 40.8 Å². The molecule has 1 saturated heterocycles. The molecule has 0 spiro atoms. The van der Waals surface area contributed by atoms with E-state index in [0.717, 1.165) is 9.37 Å². The van der Waals surface area contributed by atoms with E-state index in [1.165, 1.54) is 13.2 Å². The number of ether oxygens (including phenoxy) is 3. The Morgan fingerprint density at radius 1 is 0.974 bits per heavy atom. The van der Waals surface area contributed by atoms with E-state index in [1.54, 1.807) is 73.7 Å². The van der Waals surface area contributed by atoms with E-state index in [1.807, 2.05) is 0 Å². The van der Waals surface area contributed by atoms with Crippen LogP contribution < -0.4 is 29.7 Å². The molecule has 5 amide bonds. The van der Waals surface area contributed by atoms with E-state index in [2.05, 4.69) is 26.6 Å². The minimum absolute atomic E-state index is 0.232. The summed E-state index contributed by atoms with van der Waals surface area (Å²) in [4.78, 5) is 51.4. The number of benzene rings is 3. The van der Waals surface area contributed by atoms with Gasteiger partial charge in [0.2, 0.25) is 0 Å². The summed E-state index contributed by atoms with van der Waals surface area (Å²) in [5.41, 5.74) is 1.04. The average Bonchev–Trinajstić information content (AvgIpc) is 2.92. The van der Waals surface area contributed by atoms with Crippen LogP contribution in [0, 0.1) is 0 Å². The molecule has 1 fully saturated rings. The Morgan fingerprint density at radius 2 is 1.72 bits per heavy atom. The highest BCUT2D eigenvalue weighted by molar-refractivity contribution is 9.10. The molecule has 0 bridgehead atoms. The molecule has 3 aromatic carbocycles. The first kappa shape index (κ1) is 27.4. The molecule has 0 aromatic heterocycles. The zero-order valence-corrected chi connectivity index (χ0v) is 22.6. The summed E-state index contributed by atoms with van der Waals surface area (Å²) in [5.74, 6) is -0.876. The summed E-state index contributed by atoms with van der Waals surface area (Å²) in [6.45, 7) is 1.78. The zero-order valence-electron chi connectivity index (χ0n) is 21.0. The van der Waals surface area contributed by atoms with Crippen LogP contribution in [-0.4, -0.2) is 44.1 Å². The molecule has 1 heterocycles. The van der Waals surface area contributed by atoms with Gasteiger partial charge in [-0.1, -0.05) is 34.1 Å².